The summed E-state index contributed by atoms with van der Waals surface area (Å²) in [6.07, 6.45) is 9.89. The summed E-state index contributed by atoms with van der Waals surface area (Å²) in [6.45, 7) is 3.45. The van der Waals surface area contributed by atoms with Crippen LogP contribution < -0.4 is 0 Å². The number of H-pyrrole nitrogens is 1. The van der Waals surface area contributed by atoms with E-state index in [4.69, 9.17) is 0 Å². The lowest BCUT2D eigenvalue weighted by atomic mass is 9.79. The summed E-state index contributed by atoms with van der Waals surface area (Å²) in [4.78, 5) is 10.3. The van der Waals surface area contributed by atoms with Crippen LogP contribution in [0.5, 0.6) is 0 Å². The van der Waals surface area contributed by atoms with E-state index in [9.17, 15) is 0 Å². The third kappa shape index (κ3) is 1.73. The van der Waals surface area contributed by atoms with E-state index in [1.165, 1.54) is 18.5 Å². The molecule has 19 heavy (non-hydrogen) atoms. The number of hydrogen-bond acceptors (Lipinski definition) is 2. The Morgan fingerprint density at radius 1 is 1.26 bits per heavy atom. The van der Waals surface area contributed by atoms with Gasteiger partial charge in [-0.1, -0.05) is 18.2 Å². The predicted octanol–water partition coefficient (Wildman–Crippen LogP) is 2.59. The molecule has 2 aliphatic heterocycles. The molecule has 1 N–H and O–H groups in total. The number of nitrogens with zero attached hydrogens (tertiary/aromatic N) is 2. The lowest BCUT2D eigenvalue weighted by molar-refractivity contribution is 0.345. The van der Waals surface area contributed by atoms with Gasteiger partial charge >= 0.3 is 0 Å². The van der Waals surface area contributed by atoms with Crippen LogP contribution in [-0.2, 0) is 5.41 Å². The molecule has 3 nitrogen and oxygen atoms in total. The highest BCUT2D eigenvalue weighted by Gasteiger charge is 2.39. The maximum absolute atomic E-state index is 4.62. The molecule has 0 radical (unpaired) electrons. The maximum atomic E-state index is 4.62. The van der Waals surface area contributed by atoms with Gasteiger partial charge in [0.15, 0.2) is 0 Å². The van der Waals surface area contributed by atoms with Crippen LogP contribution in [0.2, 0.25) is 0 Å². The summed E-state index contributed by atoms with van der Waals surface area (Å²) in [5, 5.41) is 0. The molecule has 96 valence electrons. The van der Waals surface area contributed by atoms with Crippen LogP contribution >= 0.6 is 0 Å². The Kier molecular flexibility index (Phi) is 2.35. The van der Waals surface area contributed by atoms with Crippen molar-refractivity contribution in [3.63, 3.8) is 0 Å². The van der Waals surface area contributed by atoms with Gasteiger partial charge in [0, 0.05) is 30.9 Å². The van der Waals surface area contributed by atoms with Crippen molar-refractivity contribution in [3.8, 4) is 11.4 Å². The number of nitrogens with one attached hydrogen (secondary N) is 1. The van der Waals surface area contributed by atoms with Crippen LogP contribution in [-0.4, -0.2) is 34.5 Å². The van der Waals surface area contributed by atoms with Gasteiger partial charge in [-0.15, -0.1) is 0 Å². The van der Waals surface area contributed by atoms with Crippen molar-refractivity contribution in [2.24, 2.45) is 0 Å². The molecule has 0 amide bonds. The van der Waals surface area contributed by atoms with Crippen LogP contribution in [0.15, 0.2) is 48.8 Å². The number of fused-ring (bicyclic) bond motifs is 2. The molecule has 2 unspecified atom stereocenters. The fourth-order valence-corrected chi connectivity index (χ4v) is 3.30. The summed E-state index contributed by atoms with van der Waals surface area (Å²) in [5.41, 5.74) is 3.65. The summed E-state index contributed by atoms with van der Waals surface area (Å²) in [5.74, 6) is 0. The second-order valence-corrected chi connectivity index (χ2v) is 5.56. The minimum absolute atomic E-state index is 0.208. The van der Waals surface area contributed by atoms with Gasteiger partial charge < -0.3 is 4.98 Å². The standard InChI is InChI=1S/C16H17N3/c1-3-14(17-8-1)15-5-4-13(11-18-15)16-6-2-9-19(12-16)10-7-16/h1-6,8,11,17H,7,9-10,12H2. The number of aromatic nitrogens is 2. The van der Waals surface area contributed by atoms with E-state index < -0.39 is 0 Å². The highest BCUT2D eigenvalue weighted by atomic mass is 15.2. The Morgan fingerprint density at radius 3 is 3.05 bits per heavy atom. The van der Waals surface area contributed by atoms with Crippen LogP contribution in [0.4, 0.5) is 0 Å². The van der Waals surface area contributed by atoms with E-state index in [0.717, 1.165) is 24.5 Å². The van der Waals surface area contributed by atoms with Crippen molar-refractivity contribution in [2.75, 3.05) is 19.6 Å². The third-order valence-electron chi connectivity index (χ3n) is 4.39. The lowest BCUT2D eigenvalue weighted by Crippen LogP contribution is -2.33. The monoisotopic (exact) mass is 251 g/mol. The first-order valence-corrected chi connectivity index (χ1v) is 6.86. The molecule has 2 aromatic rings. The minimum Gasteiger partial charge on any atom is -0.360 e. The first-order valence-electron chi connectivity index (χ1n) is 6.86. The predicted molar refractivity (Wildman–Crippen MR) is 75.9 cm³/mol. The average Bonchev–Trinajstić information content (AvgIpc) is 3.09. The third-order valence-corrected chi connectivity index (χ3v) is 4.39. The normalized spacial score (nSPS) is 28.7. The molecule has 2 atom stereocenters. The molecule has 2 aliphatic rings. The van der Waals surface area contributed by atoms with Gasteiger partial charge in [-0.2, -0.15) is 0 Å². The largest absolute Gasteiger partial charge is 0.360 e. The molecular weight excluding hydrogens is 234 g/mol. The van der Waals surface area contributed by atoms with Crippen molar-refractivity contribution < 1.29 is 0 Å². The molecule has 1 fully saturated rings. The first kappa shape index (κ1) is 11.0. The van der Waals surface area contributed by atoms with Crippen molar-refractivity contribution >= 4 is 0 Å². The summed E-state index contributed by atoms with van der Waals surface area (Å²) < 4.78 is 0. The van der Waals surface area contributed by atoms with Crippen LogP contribution in [0.1, 0.15) is 12.0 Å². The minimum atomic E-state index is 0.208. The lowest BCUT2D eigenvalue weighted by Gasteiger charge is -2.29. The Hall–Kier alpha value is -1.87. The fourth-order valence-electron chi connectivity index (χ4n) is 3.30. The van der Waals surface area contributed by atoms with Crippen LogP contribution in [0.25, 0.3) is 11.4 Å². The van der Waals surface area contributed by atoms with Gasteiger partial charge in [0.05, 0.1) is 11.4 Å². The highest BCUT2D eigenvalue weighted by molar-refractivity contribution is 5.54. The van der Waals surface area contributed by atoms with Gasteiger partial charge in [-0.3, -0.25) is 9.88 Å². The van der Waals surface area contributed by atoms with Gasteiger partial charge in [0.2, 0.25) is 0 Å². The summed E-state index contributed by atoms with van der Waals surface area (Å²) in [6, 6.07) is 8.42. The van der Waals surface area contributed by atoms with Gasteiger partial charge in [0.1, 0.15) is 0 Å². The zero-order chi connectivity index (χ0) is 12.7. The van der Waals surface area contributed by atoms with E-state index in [2.05, 4.69) is 51.4 Å². The zero-order valence-electron chi connectivity index (χ0n) is 10.8. The Morgan fingerprint density at radius 2 is 2.26 bits per heavy atom. The molecule has 4 rings (SSSR count). The molecule has 0 aromatic carbocycles. The van der Waals surface area contributed by atoms with Crippen molar-refractivity contribution in [2.45, 2.75) is 11.8 Å². The average molecular weight is 251 g/mol. The molecule has 3 heteroatoms. The molecule has 0 saturated carbocycles. The SMILES string of the molecule is C1=CC2(c3ccc(-c4ccc[nH]4)nc3)CCN(C1)C2. The number of aromatic amines is 1. The van der Waals surface area contributed by atoms with Crippen molar-refractivity contribution in [1.29, 1.82) is 0 Å². The molecule has 2 bridgehead atoms. The fraction of sp³-hybridized carbons (Fsp3) is 0.312. The second kappa shape index (κ2) is 4.07. The summed E-state index contributed by atoms with van der Waals surface area (Å²) >= 11 is 0. The molecule has 0 aliphatic carbocycles. The Balaban J connectivity index is 1.70. The maximum Gasteiger partial charge on any atom is 0.0864 e. The van der Waals surface area contributed by atoms with Gasteiger partial charge in [0.25, 0.3) is 0 Å². The molecule has 2 aromatic heterocycles. The van der Waals surface area contributed by atoms with E-state index in [0.29, 0.717) is 0 Å². The summed E-state index contributed by atoms with van der Waals surface area (Å²) in [7, 11) is 0. The Bertz CT molecular complexity index is 597. The number of rotatable bonds is 2. The zero-order valence-corrected chi connectivity index (χ0v) is 10.8. The van der Waals surface area contributed by atoms with Crippen LogP contribution in [0.3, 0.4) is 0 Å². The quantitative estimate of drug-likeness (QED) is 0.832. The van der Waals surface area contributed by atoms with E-state index in [1.54, 1.807) is 0 Å². The molecular formula is C16H17N3. The van der Waals surface area contributed by atoms with Crippen molar-refractivity contribution in [1.82, 2.24) is 14.9 Å². The topological polar surface area (TPSA) is 31.9 Å². The Labute approximate surface area is 113 Å². The second-order valence-electron chi connectivity index (χ2n) is 5.56. The smallest absolute Gasteiger partial charge is 0.0864 e. The van der Waals surface area contributed by atoms with Crippen molar-refractivity contribution in [3.05, 3.63) is 54.4 Å². The molecule has 4 heterocycles. The van der Waals surface area contributed by atoms with E-state index in [1.807, 2.05) is 12.3 Å². The first-order chi connectivity index (χ1) is 9.36. The molecule has 1 saturated heterocycles. The van der Waals surface area contributed by atoms with Gasteiger partial charge in [-0.05, 0) is 36.7 Å². The van der Waals surface area contributed by atoms with E-state index in [-0.39, 0.29) is 5.41 Å². The molecule has 0 spiro atoms. The van der Waals surface area contributed by atoms with Gasteiger partial charge in [-0.25, -0.2) is 0 Å². The van der Waals surface area contributed by atoms with Crippen LogP contribution in [0, 0.1) is 0 Å². The highest BCUT2D eigenvalue weighted by Crippen LogP contribution is 2.38. The van der Waals surface area contributed by atoms with E-state index >= 15 is 0 Å². The number of hydrogen-bond donors (Lipinski definition) is 1. The number of pyridine rings is 1.